The molecule has 0 aliphatic heterocycles. The monoisotopic (exact) mass is 432 g/mol. The third kappa shape index (κ3) is 5.24. The molecule has 0 fully saturated rings. The van der Waals surface area contributed by atoms with Gasteiger partial charge in [0.05, 0.1) is 24.2 Å². The molecule has 2 aromatic carbocycles. The van der Waals surface area contributed by atoms with E-state index < -0.39 is 0 Å². The van der Waals surface area contributed by atoms with Crippen LogP contribution in [-0.2, 0) is 24.3 Å². The van der Waals surface area contributed by atoms with Gasteiger partial charge in [-0.1, -0.05) is 67.2 Å². The first kappa shape index (κ1) is 20.9. The molecule has 4 rings (SSSR count). The van der Waals surface area contributed by atoms with Crippen LogP contribution in [0.5, 0.6) is 0 Å². The second-order valence-corrected chi connectivity index (χ2v) is 8.01. The van der Waals surface area contributed by atoms with E-state index >= 15 is 0 Å². The summed E-state index contributed by atoms with van der Waals surface area (Å²) in [6, 6.07) is 21.9. The van der Waals surface area contributed by atoms with E-state index in [2.05, 4.69) is 23.2 Å². The van der Waals surface area contributed by atoms with E-state index in [1.165, 1.54) is 17.3 Å². The lowest BCUT2D eigenvalue weighted by molar-refractivity contribution is -0.129. The standard InChI is InChI=1S/C24H24N4O2S/c1-2-20-11-6-7-13-22(20)28-18-25-26-24(28)31-17-23(29)27(16-21-12-8-14-30-21)15-19-9-4-3-5-10-19/h3-14,18H,2,15-17H2,1H3. The summed E-state index contributed by atoms with van der Waals surface area (Å²) in [7, 11) is 0. The molecule has 6 nitrogen and oxygen atoms in total. The normalized spacial score (nSPS) is 10.9. The van der Waals surface area contributed by atoms with E-state index in [0.29, 0.717) is 18.2 Å². The molecule has 0 bridgehead atoms. The number of thioether (sulfide) groups is 1. The Morgan fingerprint density at radius 1 is 1.03 bits per heavy atom. The zero-order valence-electron chi connectivity index (χ0n) is 17.3. The van der Waals surface area contributed by atoms with Gasteiger partial charge >= 0.3 is 0 Å². The van der Waals surface area contributed by atoms with Crippen LogP contribution in [0.15, 0.2) is 88.9 Å². The number of furan rings is 1. The summed E-state index contributed by atoms with van der Waals surface area (Å²) in [5, 5.41) is 9.02. The lowest BCUT2D eigenvalue weighted by Crippen LogP contribution is -2.31. The molecule has 0 unspecified atom stereocenters. The van der Waals surface area contributed by atoms with Crippen molar-refractivity contribution in [3.63, 3.8) is 0 Å². The molecular weight excluding hydrogens is 408 g/mol. The maximum absolute atomic E-state index is 13.1. The summed E-state index contributed by atoms with van der Waals surface area (Å²) in [6.07, 6.45) is 4.24. The van der Waals surface area contributed by atoms with E-state index in [4.69, 9.17) is 4.42 Å². The molecule has 0 radical (unpaired) electrons. The van der Waals surface area contributed by atoms with Crippen molar-refractivity contribution in [2.75, 3.05) is 5.75 Å². The van der Waals surface area contributed by atoms with Crippen molar-refractivity contribution in [3.05, 3.63) is 96.2 Å². The molecule has 1 amide bonds. The molecule has 4 aromatic rings. The zero-order chi connectivity index (χ0) is 21.5. The number of carbonyl (C=O) groups is 1. The van der Waals surface area contributed by atoms with Crippen LogP contribution in [0.1, 0.15) is 23.8 Å². The minimum atomic E-state index is 0.0172. The quantitative estimate of drug-likeness (QED) is 0.357. The summed E-state index contributed by atoms with van der Waals surface area (Å²) < 4.78 is 7.43. The largest absolute Gasteiger partial charge is 0.467 e. The number of hydrogen-bond donors (Lipinski definition) is 0. The molecule has 7 heteroatoms. The van der Waals surface area contributed by atoms with Gasteiger partial charge in [-0.05, 0) is 35.7 Å². The van der Waals surface area contributed by atoms with Crippen molar-refractivity contribution in [2.45, 2.75) is 31.6 Å². The van der Waals surface area contributed by atoms with Crippen LogP contribution in [0.4, 0.5) is 0 Å². The average molecular weight is 433 g/mol. The van der Waals surface area contributed by atoms with Crippen LogP contribution in [-0.4, -0.2) is 31.3 Å². The van der Waals surface area contributed by atoms with Crippen molar-refractivity contribution in [1.82, 2.24) is 19.7 Å². The predicted molar refractivity (Wildman–Crippen MR) is 121 cm³/mol. The Morgan fingerprint density at radius 2 is 1.84 bits per heavy atom. The molecule has 0 saturated carbocycles. The molecule has 2 aromatic heterocycles. The number of carbonyl (C=O) groups excluding carboxylic acids is 1. The number of aryl methyl sites for hydroxylation is 1. The summed E-state index contributed by atoms with van der Waals surface area (Å²) in [6.45, 7) is 3.06. The fraction of sp³-hybridized carbons (Fsp3) is 0.208. The Morgan fingerprint density at radius 3 is 2.61 bits per heavy atom. The average Bonchev–Trinajstić information content (AvgIpc) is 3.49. The lowest BCUT2D eigenvalue weighted by Gasteiger charge is -2.22. The summed E-state index contributed by atoms with van der Waals surface area (Å²) >= 11 is 1.39. The summed E-state index contributed by atoms with van der Waals surface area (Å²) in [4.78, 5) is 15.0. The molecule has 158 valence electrons. The molecule has 0 saturated heterocycles. The Balaban J connectivity index is 1.49. The molecule has 31 heavy (non-hydrogen) atoms. The summed E-state index contributed by atoms with van der Waals surface area (Å²) in [5.41, 5.74) is 3.33. The number of amides is 1. The molecule has 2 heterocycles. The van der Waals surface area contributed by atoms with Crippen LogP contribution in [0, 0.1) is 0 Å². The Labute approximate surface area is 185 Å². The van der Waals surface area contributed by atoms with Crippen LogP contribution in [0.2, 0.25) is 0 Å². The van der Waals surface area contributed by atoms with E-state index in [0.717, 1.165) is 23.4 Å². The minimum Gasteiger partial charge on any atom is -0.467 e. The minimum absolute atomic E-state index is 0.0172. The first-order valence-electron chi connectivity index (χ1n) is 10.2. The SMILES string of the molecule is CCc1ccccc1-n1cnnc1SCC(=O)N(Cc1ccccc1)Cc1ccco1. The zero-order valence-corrected chi connectivity index (χ0v) is 18.2. The highest BCUT2D eigenvalue weighted by Gasteiger charge is 2.18. The highest BCUT2D eigenvalue weighted by Crippen LogP contribution is 2.23. The van der Waals surface area contributed by atoms with E-state index in [-0.39, 0.29) is 11.7 Å². The number of benzene rings is 2. The highest BCUT2D eigenvalue weighted by atomic mass is 32.2. The van der Waals surface area contributed by atoms with Gasteiger partial charge in [0.25, 0.3) is 0 Å². The Kier molecular flexibility index (Phi) is 6.84. The predicted octanol–water partition coefficient (Wildman–Crippen LogP) is 4.74. The smallest absolute Gasteiger partial charge is 0.233 e. The van der Waals surface area contributed by atoms with Crippen molar-refractivity contribution < 1.29 is 9.21 Å². The van der Waals surface area contributed by atoms with Crippen LogP contribution in [0.25, 0.3) is 5.69 Å². The van der Waals surface area contributed by atoms with Crippen LogP contribution in [0.3, 0.4) is 0 Å². The van der Waals surface area contributed by atoms with Crippen molar-refractivity contribution in [1.29, 1.82) is 0 Å². The van der Waals surface area contributed by atoms with E-state index in [9.17, 15) is 4.79 Å². The van der Waals surface area contributed by atoms with Crippen molar-refractivity contribution >= 4 is 17.7 Å². The third-order valence-electron chi connectivity index (χ3n) is 4.97. The van der Waals surface area contributed by atoms with Gasteiger partial charge in [-0.3, -0.25) is 9.36 Å². The molecular formula is C24H24N4O2S. The van der Waals surface area contributed by atoms with Gasteiger partial charge < -0.3 is 9.32 Å². The number of aromatic nitrogens is 3. The Hall–Kier alpha value is -3.32. The van der Waals surface area contributed by atoms with Gasteiger partial charge in [-0.15, -0.1) is 10.2 Å². The number of para-hydroxylation sites is 1. The second-order valence-electron chi connectivity index (χ2n) is 7.07. The van der Waals surface area contributed by atoms with E-state index in [1.807, 2.05) is 70.1 Å². The van der Waals surface area contributed by atoms with Crippen molar-refractivity contribution in [2.24, 2.45) is 0 Å². The van der Waals surface area contributed by atoms with Gasteiger partial charge in [0.1, 0.15) is 12.1 Å². The maximum atomic E-state index is 13.1. The molecule has 0 N–H and O–H groups in total. The first-order chi connectivity index (χ1) is 15.2. The van der Waals surface area contributed by atoms with Gasteiger partial charge in [-0.2, -0.15) is 0 Å². The molecule has 0 aliphatic carbocycles. The molecule has 0 atom stereocenters. The van der Waals surface area contributed by atoms with Crippen molar-refractivity contribution in [3.8, 4) is 5.69 Å². The topological polar surface area (TPSA) is 64.2 Å². The lowest BCUT2D eigenvalue weighted by atomic mass is 10.1. The third-order valence-corrected chi connectivity index (χ3v) is 5.90. The fourth-order valence-corrected chi connectivity index (χ4v) is 4.20. The van der Waals surface area contributed by atoms with E-state index in [1.54, 1.807) is 12.6 Å². The van der Waals surface area contributed by atoms with Gasteiger partial charge in [0.15, 0.2) is 5.16 Å². The van der Waals surface area contributed by atoms with Gasteiger partial charge in [0, 0.05) is 6.54 Å². The molecule has 0 aliphatic rings. The van der Waals surface area contributed by atoms with Crippen LogP contribution < -0.4 is 0 Å². The van der Waals surface area contributed by atoms with Crippen LogP contribution >= 0.6 is 11.8 Å². The maximum Gasteiger partial charge on any atom is 0.233 e. The summed E-state index contributed by atoms with van der Waals surface area (Å²) in [5.74, 6) is 1.04. The highest BCUT2D eigenvalue weighted by molar-refractivity contribution is 7.99. The van der Waals surface area contributed by atoms with Gasteiger partial charge in [-0.25, -0.2) is 0 Å². The van der Waals surface area contributed by atoms with Gasteiger partial charge in [0.2, 0.25) is 5.91 Å². The number of rotatable bonds is 9. The number of nitrogens with zero attached hydrogens (tertiary/aromatic N) is 4. The number of hydrogen-bond acceptors (Lipinski definition) is 5. The first-order valence-corrected chi connectivity index (χ1v) is 11.2. The molecule has 0 spiro atoms. The second kappa shape index (κ2) is 10.1. The Bertz CT molecular complexity index is 1110. The fourth-order valence-electron chi connectivity index (χ4n) is 3.38.